The molecule has 156 valence electrons. The van der Waals surface area contributed by atoms with E-state index >= 15 is 0 Å². The number of fused-ring (bicyclic) bond motifs is 3. The van der Waals surface area contributed by atoms with E-state index in [-0.39, 0.29) is 6.07 Å². The van der Waals surface area contributed by atoms with Crippen LogP contribution in [0.4, 0.5) is 48.3 Å². The van der Waals surface area contributed by atoms with Crippen molar-refractivity contribution in [3.63, 3.8) is 0 Å². The summed E-state index contributed by atoms with van der Waals surface area (Å²) in [6.07, 6.45) is 0. The van der Waals surface area contributed by atoms with Gasteiger partial charge in [0.2, 0.25) is 0 Å². The maximum absolute atomic E-state index is 15.0. The molecule has 1 aliphatic carbocycles. The molecule has 3 aromatic rings. The molecule has 0 unspecified atom stereocenters. The summed E-state index contributed by atoms with van der Waals surface area (Å²) < 4.78 is 155. The van der Waals surface area contributed by atoms with Crippen LogP contribution in [0.5, 0.6) is 0 Å². The summed E-state index contributed by atoms with van der Waals surface area (Å²) in [5, 5.41) is 0. The van der Waals surface area contributed by atoms with E-state index in [1.54, 1.807) is 0 Å². The topological polar surface area (TPSA) is 0 Å². The van der Waals surface area contributed by atoms with Crippen molar-refractivity contribution in [3.05, 3.63) is 81.7 Å². The minimum Gasteiger partial charge on any atom is -0.204 e. The molecule has 0 N–H and O–H groups in total. The largest absolute Gasteiger partial charge is 0.303 e. The van der Waals surface area contributed by atoms with E-state index in [2.05, 4.69) is 0 Å². The first kappa shape index (κ1) is 20.2. The summed E-state index contributed by atoms with van der Waals surface area (Å²) in [5.74, 6) is -25.6. The molecule has 0 saturated carbocycles. The van der Waals surface area contributed by atoms with Gasteiger partial charge in [0.1, 0.15) is 0 Å². The zero-order valence-electron chi connectivity index (χ0n) is 13.9. The molecule has 0 amide bonds. The number of benzene rings is 3. The molecule has 3 aromatic carbocycles. The average Bonchev–Trinajstić information content (AvgIpc) is 2.93. The Hall–Kier alpha value is -3.11. The molecule has 0 atom stereocenters. The van der Waals surface area contributed by atoms with Gasteiger partial charge in [-0.3, -0.25) is 0 Å². The van der Waals surface area contributed by atoms with E-state index in [0.29, 0.717) is 12.1 Å². The van der Waals surface area contributed by atoms with Gasteiger partial charge in [0.25, 0.3) is 0 Å². The zero-order chi connectivity index (χ0) is 22.3. The SMILES string of the molecule is Fc1ccc(-c2c(F)c(F)c(F)c3c2C(F)(F)c2c(F)c(F)c(F)c(F)c2-3)cc1F. The first-order valence-electron chi connectivity index (χ1n) is 7.82. The lowest BCUT2D eigenvalue weighted by Gasteiger charge is -2.18. The highest BCUT2D eigenvalue weighted by molar-refractivity contribution is 5.88. The van der Waals surface area contributed by atoms with Crippen molar-refractivity contribution in [1.29, 1.82) is 0 Å². The fraction of sp³-hybridized carbons (Fsp3) is 0.0526. The van der Waals surface area contributed by atoms with Gasteiger partial charge in [0.15, 0.2) is 52.4 Å². The molecule has 0 saturated heterocycles. The van der Waals surface area contributed by atoms with Crippen LogP contribution in [0.25, 0.3) is 22.3 Å². The van der Waals surface area contributed by atoms with E-state index in [1.807, 2.05) is 0 Å². The molecule has 0 aliphatic heterocycles. The Morgan fingerprint density at radius 3 is 1.50 bits per heavy atom. The number of hydrogen-bond donors (Lipinski definition) is 0. The van der Waals surface area contributed by atoms with Gasteiger partial charge >= 0.3 is 5.92 Å². The van der Waals surface area contributed by atoms with Crippen molar-refractivity contribution in [2.75, 3.05) is 0 Å². The van der Waals surface area contributed by atoms with Gasteiger partial charge < -0.3 is 0 Å². The second-order valence-electron chi connectivity index (χ2n) is 6.28. The van der Waals surface area contributed by atoms with Crippen LogP contribution >= 0.6 is 0 Å². The predicted octanol–water partition coefficient (Wildman–Crippen LogP) is 6.73. The summed E-state index contributed by atoms with van der Waals surface area (Å²) in [4.78, 5) is 0. The smallest absolute Gasteiger partial charge is 0.204 e. The Kier molecular flexibility index (Phi) is 4.16. The summed E-state index contributed by atoms with van der Waals surface area (Å²) in [5.41, 5.74) is -10.2. The summed E-state index contributed by atoms with van der Waals surface area (Å²) >= 11 is 0. The third-order valence-electron chi connectivity index (χ3n) is 4.68. The summed E-state index contributed by atoms with van der Waals surface area (Å²) in [7, 11) is 0. The third kappa shape index (κ3) is 2.34. The Morgan fingerprint density at radius 1 is 0.467 bits per heavy atom. The average molecular weight is 440 g/mol. The van der Waals surface area contributed by atoms with Crippen molar-refractivity contribution in [1.82, 2.24) is 0 Å². The van der Waals surface area contributed by atoms with E-state index in [0.717, 1.165) is 0 Å². The van der Waals surface area contributed by atoms with E-state index in [9.17, 15) is 48.3 Å². The molecule has 30 heavy (non-hydrogen) atoms. The monoisotopic (exact) mass is 440 g/mol. The van der Waals surface area contributed by atoms with Crippen LogP contribution in [-0.4, -0.2) is 0 Å². The highest BCUT2D eigenvalue weighted by Gasteiger charge is 2.54. The lowest BCUT2D eigenvalue weighted by atomic mass is 9.92. The van der Waals surface area contributed by atoms with Gasteiger partial charge in [-0.1, -0.05) is 6.07 Å². The molecule has 0 spiro atoms. The molecule has 0 heterocycles. The van der Waals surface area contributed by atoms with Crippen molar-refractivity contribution in [2.45, 2.75) is 5.92 Å². The molecule has 0 aromatic heterocycles. The maximum Gasteiger partial charge on any atom is 0.303 e. The number of rotatable bonds is 1. The minimum atomic E-state index is -4.90. The molecular formula is C19H3F11. The van der Waals surface area contributed by atoms with Crippen molar-refractivity contribution in [2.24, 2.45) is 0 Å². The van der Waals surface area contributed by atoms with Crippen LogP contribution in [0.3, 0.4) is 0 Å². The third-order valence-corrected chi connectivity index (χ3v) is 4.68. The van der Waals surface area contributed by atoms with E-state index in [4.69, 9.17) is 0 Å². The fourth-order valence-corrected chi connectivity index (χ4v) is 3.42. The highest BCUT2D eigenvalue weighted by atomic mass is 19.3. The molecule has 0 radical (unpaired) electrons. The molecule has 11 heteroatoms. The first-order chi connectivity index (χ1) is 13.9. The van der Waals surface area contributed by atoms with Crippen molar-refractivity contribution in [3.8, 4) is 22.3 Å². The van der Waals surface area contributed by atoms with Crippen LogP contribution in [0.2, 0.25) is 0 Å². The Bertz CT molecular complexity index is 1260. The number of hydrogen-bond acceptors (Lipinski definition) is 0. The summed E-state index contributed by atoms with van der Waals surface area (Å²) in [6.45, 7) is 0. The van der Waals surface area contributed by atoms with Crippen LogP contribution < -0.4 is 0 Å². The van der Waals surface area contributed by atoms with Gasteiger partial charge in [-0.25, -0.2) is 39.5 Å². The van der Waals surface area contributed by atoms with Gasteiger partial charge in [0.05, 0.1) is 5.56 Å². The molecular weight excluding hydrogens is 437 g/mol. The molecule has 0 nitrogen and oxygen atoms in total. The molecule has 0 bridgehead atoms. The van der Waals surface area contributed by atoms with Crippen LogP contribution in [-0.2, 0) is 5.92 Å². The summed E-state index contributed by atoms with van der Waals surface area (Å²) in [6, 6.07) is 1.01. The molecule has 1 aliphatic rings. The highest BCUT2D eigenvalue weighted by Crippen LogP contribution is 2.58. The quantitative estimate of drug-likeness (QED) is 0.224. The second kappa shape index (κ2) is 6.19. The molecule has 4 rings (SSSR count). The lowest BCUT2D eigenvalue weighted by Crippen LogP contribution is -2.17. The van der Waals surface area contributed by atoms with Crippen molar-refractivity contribution < 1.29 is 48.3 Å². The maximum atomic E-state index is 15.0. The Morgan fingerprint density at radius 2 is 0.933 bits per heavy atom. The number of halogens is 11. The van der Waals surface area contributed by atoms with Crippen LogP contribution in [0.1, 0.15) is 11.1 Å². The Labute approximate surface area is 159 Å². The Balaban J connectivity index is 2.24. The van der Waals surface area contributed by atoms with Gasteiger partial charge in [0, 0.05) is 22.3 Å². The first-order valence-corrected chi connectivity index (χ1v) is 7.82. The fourth-order valence-electron chi connectivity index (χ4n) is 3.42. The van der Waals surface area contributed by atoms with Crippen LogP contribution in [0.15, 0.2) is 18.2 Å². The number of alkyl halides is 2. The van der Waals surface area contributed by atoms with Gasteiger partial charge in [-0.15, -0.1) is 0 Å². The van der Waals surface area contributed by atoms with E-state index in [1.165, 1.54) is 0 Å². The lowest BCUT2D eigenvalue weighted by molar-refractivity contribution is 0.0430. The van der Waals surface area contributed by atoms with Crippen LogP contribution in [0, 0.1) is 52.4 Å². The standard InChI is InChI=1S/C19H3F11/c20-5-2-1-4(3-6(5)21)7-10-8(13(23)16(26)12(7)22)9-11(19(10,29)30)15(25)18(28)17(27)14(9)24/h1-3H. The van der Waals surface area contributed by atoms with E-state index < -0.39 is 91.7 Å². The van der Waals surface area contributed by atoms with Gasteiger partial charge in [-0.2, -0.15) is 8.78 Å². The van der Waals surface area contributed by atoms with Crippen molar-refractivity contribution >= 4 is 0 Å². The zero-order valence-corrected chi connectivity index (χ0v) is 13.9. The second-order valence-corrected chi connectivity index (χ2v) is 6.28. The predicted molar refractivity (Wildman–Crippen MR) is 79.9 cm³/mol. The van der Waals surface area contributed by atoms with Gasteiger partial charge in [-0.05, 0) is 17.7 Å². The minimum absolute atomic E-state index is 0.151. The normalized spacial score (nSPS) is 14.1. The molecule has 0 fully saturated rings.